The SMILES string of the molecule is CCNCCc1ccc(S(=O)(=O)NC(C)CCOC)s1. The van der Waals surface area contributed by atoms with Crippen LogP contribution < -0.4 is 10.0 Å². The van der Waals surface area contributed by atoms with Gasteiger partial charge in [0.1, 0.15) is 4.21 Å². The van der Waals surface area contributed by atoms with Crippen LogP contribution in [0.15, 0.2) is 16.3 Å². The minimum absolute atomic E-state index is 0.132. The molecular formula is C13H24N2O3S2. The maximum atomic E-state index is 12.2. The predicted molar refractivity (Wildman–Crippen MR) is 82.8 cm³/mol. The van der Waals surface area contributed by atoms with Crippen molar-refractivity contribution in [3.05, 3.63) is 17.0 Å². The van der Waals surface area contributed by atoms with Crippen molar-refractivity contribution in [3.8, 4) is 0 Å². The van der Waals surface area contributed by atoms with Crippen LogP contribution in [0.3, 0.4) is 0 Å². The quantitative estimate of drug-likeness (QED) is 0.643. The molecule has 0 bridgehead atoms. The van der Waals surface area contributed by atoms with E-state index in [0.717, 1.165) is 24.4 Å². The van der Waals surface area contributed by atoms with Gasteiger partial charge in [-0.1, -0.05) is 6.92 Å². The van der Waals surface area contributed by atoms with E-state index in [9.17, 15) is 8.42 Å². The van der Waals surface area contributed by atoms with Crippen LogP contribution >= 0.6 is 11.3 Å². The summed E-state index contributed by atoms with van der Waals surface area (Å²) < 4.78 is 32.4. The Bertz CT molecular complexity index is 486. The highest BCUT2D eigenvalue weighted by molar-refractivity contribution is 7.91. The van der Waals surface area contributed by atoms with Gasteiger partial charge < -0.3 is 10.1 Å². The third kappa shape index (κ3) is 5.88. The Labute approximate surface area is 125 Å². The standard InChI is InChI=1S/C13H24N2O3S2/c1-4-14-9-7-12-5-6-13(19-12)20(16,17)15-11(2)8-10-18-3/h5-6,11,14-15H,4,7-10H2,1-3H3. The monoisotopic (exact) mass is 320 g/mol. The first kappa shape index (κ1) is 17.6. The van der Waals surface area contributed by atoms with Gasteiger partial charge in [-0.05, 0) is 45.0 Å². The van der Waals surface area contributed by atoms with Crippen LogP contribution in [0.25, 0.3) is 0 Å². The van der Waals surface area contributed by atoms with E-state index < -0.39 is 10.0 Å². The van der Waals surface area contributed by atoms with E-state index >= 15 is 0 Å². The fourth-order valence-corrected chi connectivity index (χ4v) is 4.35. The van der Waals surface area contributed by atoms with Gasteiger partial charge in [0.2, 0.25) is 10.0 Å². The van der Waals surface area contributed by atoms with Gasteiger partial charge in [0.05, 0.1) is 0 Å². The van der Waals surface area contributed by atoms with Crippen LogP contribution in [0.2, 0.25) is 0 Å². The Hall–Kier alpha value is -0.470. The molecule has 1 heterocycles. The molecule has 1 atom stereocenters. The Morgan fingerprint density at radius 2 is 2.15 bits per heavy atom. The van der Waals surface area contributed by atoms with Crippen LogP contribution in [0, 0.1) is 0 Å². The Morgan fingerprint density at radius 3 is 2.80 bits per heavy atom. The molecule has 0 saturated carbocycles. The lowest BCUT2D eigenvalue weighted by Crippen LogP contribution is -2.32. The zero-order chi connectivity index (χ0) is 15.0. The number of thiophene rings is 1. The van der Waals surface area contributed by atoms with Crippen molar-refractivity contribution in [2.75, 3.05) is 26.8 Å². The molecule has 1 aromatic heterocycles. The molecule has 0 aliphatic rings. The molecule has 20 heavy (non-hydrogen) atoms. The topological polar surface area (TPSA) is 67.4 Å². The molecule has 0 aliphatic heterocycles. The van der Waals surface area contributed by atoms with Crippen LogP contribution in [0.5, 0.6) is 0 Å². The molecule has 116 valence electrons. The van der Waals surface area contributed by atoms with Crippen LogP contribution in [0.1, 0.15) is 25.1 Å². The summed E-state index contributed by atoms with van der Waals surface area (Å²) in [6, 6.07) is 3.43. The smallest absolute Gasteiger partial charge is 0.250 e. The molecule has 1 unspecified atom stereocenters. The first-order valence-electron chi connectivity index (χ1n) is 6.80. The number of hydrogen-bond donors (Lipinski definition) is 2. The van der Waals surface area contributed by atoms with Crippen molar-refractivity contribution in [1.82, 2.24) is 10.0 Å². The molecule has 1 aromatic rings. The van der Waals surface area contributed by atoms with Crippen molar-refractivity contribution in [3.63, 3.8) is 0 Å². The van der Waals surface area contributed by atoms with E-state index in [-0.39, 0.29) is 6.04 Å². The zero-order valence-electron chi connectivity index (χ0n) is 12.3. The van der Waals surface area contributed by atoms with Gasteiger partial charge in [0.25, 0.3) is 0 Å². The van der Waals surface area contributed by atoms with E-state index in [2.05, 4.69) is 17.0 Å². The molecular weight excluding hydrogens is 296 g/mol. The molecule has 0 aliphatic carbocycles. The molecule has 0 fully saturated rings. The second-order valence-corrected chi connectivity index (χ2v) is 7.74. The van der Waals surface area contributed by atoms with Gasteiger partial charge in [0.15, 0.2) is 0 Å². The molecule has 0 aromatic carbocycles. The zero-order valence-corrected chi connectivity index (χ0v) is 13.9. The van der Waals surface area contributed by atoms with Gasteiger partial charge in [-0.2, -0.15) is 0 Å². The molecule has 2 N–H and O–H groups in total. The normalized spacial score (nSPS) is 13.6. The summed E-state index contributed by atoms with van der Waals surface area (Å²) in [5.74, 6) is 0. The summed E-state index contributed by atoms with van der Waals surface area (Å²) >= 11 is 1.33. The van der Waals surface area contributed by atoms with E-state index in [1.807, 2.05) is 13.0 Å². The van der Waals surface area contributed by atoms with Crippen molar-refractivity contribution in [2.24, 2.45) is 0 Å². The molecule has 0 saturated heterocycles. The molecule has 0 spiro atoms. The Balaban J connectivity index is 2.59. The molecule has 1 rings (SSSR count). The largest absolute Gasteiger partial charge is 0.385 e. The summed E-state index contributed by atoms with van der Waals surface area (Å²) in [7, 11) is -1.80. The lowest BCUT2D eigenvalue weighted by atomic mass is 10.3. The molecule has 0 radical (unpaired) electrons. The maximum Gasteiger partial charge on any atom is 0.250 e. The van der Waals surface area contributed by atoms with E-state index in [0.29, 0.717) is 17.2 Å². The number of sulfonamides is 1. The highest BCUT2D eigenvalue weighted by Crippen LogP contribution is 2.22. The summed E-state index contributed by atoms with van der Waals surface area (Å²) in [5.41, 5.74) is 0. The van der Waals surface area contributed by atoms with Crippen LogP contribution in [0.4, 0.5) is 0 Å². The fourth-order valence-electron chi connectivity index (χ4n) is 1.70. The molecule has 7 heteroatoms. The highest BCUT2D eigenvalue weighted by atomic mass is 32.2. The van der Waals surface area contributed by atoms with Crippen molar-refractivity contribution >= 4 is 21.4 Å². The third-order valence-electron chi connectivity index (χ3n) is 2.81. The van der Waals surface area contributed by atoms with Gasteiger partial charge >= 0.3 is 0 Å². The van der Waals surface area contributed by atoms with Gasteiger partial charge in [0, 0.05) is 24.6 Å². The summed E-state index contributed by atoms with van der Waals surface area (Å²) in [5, 5.41) is 3.23. The van der Waals surface area contributed by atoms with Gasteiger partial charge in [-0.3, -0.25) is 0 Å². The maximum absolute atomic E-state index is 12.2. The summed E-state index contributed by atoms with van der Waals surface area (Å²) in [6.07, 6.45) is 1.52. The van der Waals surface area contributed by atoms with Gasteiger partial charge in [-0.25, -0.2) is 13.1 Å². The molecule has 0 amide bonds. The predicted octanol–water partition coefficient (Wildman–Crippen LogP) is 1.60. The van der Waals surface area contributed by atoms with Crippen molar-refractivity contribution in [2.45, 2.75) is 36.9 Å². The second-order valence-electron chi connectivity index (χ2n) is 4.63. The average molecular weight is 320 g/mol. The Morgan fingerprint density at radius 1 is 1.40 bits per heavy atom. The second kappa shape index (κ2) is 8.74. The fraction of sp³-hybridized carbons (Fsp3) is 0.692. The number of rotatable bonds is 10. The van der Waals surface area contributed by atoms with Crippen molar-refractivity contribution < 1.29 is 13.2 Å². The number of nitrogens with one attached hydrogen (secondary N) is 2. The van der Waals surface area contributed by atoms with Crippen LogP contribution in [-0.2, 0) is 21.2 Å². The lowest BCUT2D eigenvalue weighted by Gasteiger charge is -2.12. The minimum atomic E-state index is -3.41. The average Bonchev–Trinajstić information content (AvgIpc) is 2.86. The minimum Gasteiger partial charge on any atom is -0.385 e. The van der Waals surface area contributed by atoms with Crippen LogP contribution in [-0.4, -0.2) is 41.3 Å². The number of ether oxygens (including phenoxy) is 1. The number of methoxy groups -OCH3 is 1. The first-order chi connectivity index (χ1) is 9.49. The third-order valence-corrected chi connectivity index (χ3v) is 6.04. The van der Waals surface area contributed by atoms with Gasteiger partial charge in [-0.15, -0.1) is 11.3 Å². The highest BCUT2D eigenvalue weighted by Gasteiger charge is 2.19. The first-order valence-corrected chi connectivity index (χ1v) is 9.10. The summed E-state index contributed by atoms with van der Waals surface area (Å²) in [6.45, 7) is 6.23. The van der Waals surface area contributed by atoms with Crippen molar-refractivity contribution in [1.29, 1.82) is 0 Å². The van der Waals surface area contributed by atoms with E-state index in [4.69, 9.17) is 4.74 Å². The van der Waals surface area contributed by atoms with E-state index in [1.165, 1.54) is 11.3 Å². The number of hydrogen-bond acceptors (Lipinski definition) is 5. The molecule has 5 nitrogen and oxygen atoms in total. The number of likely N-dealkylation sites (N-methyl/N-ethyl adjacent to an activating group) is 1. The lowest BCUT2D eigenvalue weighted by molar-refractivity contribution is 0.188. The summed E-state index contributed by atoms with van der Waals surface area (Å²) in [4.78, 5) is 1.08. The van der Waals surface area contributed by atoms with E-state index in [1.54, 1.807) is 13.2 Å². The Kier molecular flexibility index (Phi) is 7.68.